The molecule has 3 saturated carbocycles. The van der Waals surface area contributed by atoms with Crippen LogP contribution < -0.4 is 10.6 Å². The molecule has 0 radical (unpaired) electrons. The van der Waals surface area contributed by atoms with Gasteiger partial charge in [0.05, 0.1) is 6.61 Å². The Kier molecular flexibility index (Phi) is 3.12. The van der Waals surface area contributed by atoms with Crippen molar-refractivity contribution in [3.8, 4) is 0 Å². The fourth-order valence-corrected chi connectivity index (χ4v) is 4.21. The van der Waals surface area contributed by atoms with Gasteiger partial charge in [-0.25, -0.2) is 9.59 Å². The molecular formula is C13H20N2O4. The van der Waals surface area contributed by atoms with Crippen molar-refractivity contribution in [1.29, 1.82) is 0 Å². The molecule has 5 unspecified atom stereocenters. The van der Waals surface area contributed by atoms with Gasteiger partial charge in [-0.3, -0.25) is 0 Å². The Hall–Kier alpha value is -1.30. The van der Waals surface area contributed by atoms with Crippen LogP contribution in [-0.2, 0) is 9.53 Å². The van der Waals surface area contributed by atoms with E-state index in [9.17, 15) is 9.59 Å². The van der Waals surface area contributed by atoms with Gasteiger partial charge in [0.15, 0.2) is 6.04 Å². The van der Waals surface area contributed by atoms with Crippen LogP contribution in [0.1, 0.15) is 19.3 Å². The number of aliphatic carboxylic acids is 1. The van der Waals surface area contributed by atoms with E-state index in [2.05, 4.69) is 10.6 Å². The SMILES string of the molecule is COCC(NC(=O)NC1C2C3CCC(C3)C12)C(=O)O. The van der Waals surface area contributed by atoms with Crippen molar-refractivity contribution in [2.75, 3.05) is 13.7 Å². The van der Waals surface area contributed by atoms with E-state index in [1.165, 1.54) is 26.4 Å². The summed E-state index contributed by atoms with van der Waals surface area (Å²) in [5.74, 6) is 1.79. The van der Waals surface area contributed by atoms with E-state index in [1.807, 2.05) is 0 Å². The van der Waals surface area contributed by atoms with E-state index in [0.29, 0.717) is 11.8 Å². The second-order valence-corrected chi connectivity index (χ2v) is 5.98. The summed E-state index contributed by atoms with van der Waals surface area (Å²) in [6.45, 7) is -0.0223. The number of ether oxygens (including phenoxy) is 1. The largest absolute Gasteiger partial charge is 0.480 e. The topological polar surface area (TPSA) is 87.7 Å². The van der Waals surface area contributed by atoms with Gasteiger partial charge >= 0.3 is 12.0 Å². The van der Waals surface area contributed by atoms with Crippen LogP contribution in [0.3, 0.4) is 0 Å². The fourth-order valence-electron chi connectivity index (χ4n) is 4.21. The van der Waals surface area contributed by atoms with E-state index < -0.39 is 12.0 Å². The number of urea groups is 1. The van der Waals surface area contributed by atoms with Crippen molar-refractivity contribution >= 4 is 12.0 Å². The maximum atomic E-state index is 11.8. The number of carboxylic acid groups (broad SMARTS) is 1. The molecule has 3 N–H and O–H groups in total. The van der Waals surface area contributed by atoms with Gasteiger partial charge in [-0.15, -0.1) is 0 Å². The molecule has 0 aromatic heterocycles. The van der Waals surface area contributed by atoms with E-state index in [1.54, 1.807) is 0 Å². The first-order chi connectivity index (χ1) is 9.11. The maximum Gasteiger partial charge on any atom is 0.328 e. The van der Waals surface area contributed by atoms with E-state index in [-0.39, 0.29) is 18.7 Å². The molecule has 6 nitrogen and oxygen atoms in total. The molecule has 0 aromatic rings. The standard InChI is InChI=1S/C13H20N2O4/c1-19-5-8(12(16)17)14-13(18)15-11-9-6-2-3-7(4-6)10(9)11/h6-11H,2-5H2,1H3,(H,16,17)(H2,14,15,18). The van der Waals surface area contributed by atoms with E-state index in [0.717, 1.165) is 11.8 Å². The molecule has 3 aliphatic rings. The lowest BCUT2D eigenvalue weighted by Crippen LogP contribution is -2.49. The smallest absolute Gasteiger partial charge is 0.328 e. The molecule has 3 aliphatic carbocycles. The van der Waals surface area contributed by atoms with Gasteiger partial charge in [-0.1, -0.05) is 0 Å². The highest BCUT2D eigenvalue weighted by Gasteiger charge is 2.65. The zero-order valence-corrected chi connectivity index (χ0v) is 11.0. The Morgan fingerprint density at radius 1 is 1.32 bits per heavy atom. The predicted molar refractivity (Wildman–Crippen MR) is 66.6 cm³/mol. The molecule has 6 heteroatoms. The highest BCUT2D eigenvalue weighted by atomic mass is 16.5. The summed E-state index contributed by atoms with van der Waals surface area (Å²) in [7, 11) is 1.42. The minimum absolute atomic E-state index is 0.0223. The first kappa shape index (κ1) is 12.7. The summed E-state index contributed by atoms with van der Waals surface area (Å²) in [5.41, 5.74) is 0. The molecule has 2 amide bonds. The minimum Gasteiger partial charge on any atom is -0.480 e. The van der Waals surface area contributed by atoms with Crippen molar-refractivity contribution in [2.45, 2.75) is 31.3 Å². The number of rotatable bonds is 5. The number of hydrogen-bond donors (Lipinski definition) is 3. The molecule has 0 aliphatic heterocycles. The maximum absolute atomic E-state index is 11.8. The molecule has 3 rings (SSSR count). The fraction of sp³-hybridized carbons (Fsp3) is 0.846. The third-order valence-electron chi connectivity index (χ3n) is 4.97. The lowest BCUT2D eigenvalue weighted by atomic mass is 10.0. The zero-order chi connectivity index (χ0) is 13.6. The number of amides is 2. The molecule has 19 heavy (non-hydrogen) atoms. The Morgan fingerprint density at radius 2 is 1.95 bits per heavy atom. The quantitative estimate of drug-likeness (QED) is 0.674. The average molecular weight is 268 g/mol. The first-order valence-electron chi connectivity index (χ1n) is 6.90. The molecule has 0 heterocycles. The molecule has 106 valence electrons. The first-order valence-corrected chi connectivity index (χ1v) is 6.90. The normalized spacial score (nSPS) is 39.5. The monoisotopic (exact) mass is 268 g/mol. The number of carbonyl (C=O) groups is 2. The number of fused-ring (bicyclic) bond motifs is 5. The van der Waals surface area contributed by atoms with Gasteiger partial charge in [0.1, 0.15) is 0 Å². The summed E-state index contributed by atoms with van der Waals surface area (Å²) in [6, 6.07) is -1.10. The summed E-state index contributed by atoms with van der Waals surface area (Å²) in [6.07, 6.45) is 3.93. The summed E-state index contributed by atoms with van der Waals surface area (Å²) < 4.78 is 4.78. The van der Waals surface area contributed by atoms with Gasteiger partial charge in [0, 0.05) is 13.2 Å². The lowest BCUT2D eigenvalue weighted by Gasteiger charge is -2.15. The summed E-state index contributed by atoms with van der Waals surface area (Å²) >= 11 is 0. The second-order valence-electron chi connectivity index (χ2n) is 5.98. The van der Waals surface area contributed by atoms with Crippen molar-refractivity contribution in [3.63, 3.8) is 0 Å². The molecule has 5 atom stereocenters. The van der Waals surface area contributed by atoms with Crippen molar-refractivity contribution in [3.05, 3.63) is 0 Å². The van der Waals surface area contributed by atoms with Gasteiger partial charge < -0.3 is 20.5 Å². The van der Waals surface area contributed by atoms with Gasteiger partial charge in [-0.2, -0.15) is 0 Å². The van der Waals surface area contributed by atoms with Gasteiger partial charge in [0.25, 0.3) is 0 Å². The van der Waals surface area contributed by atoms with Crippen LogP contribution in [0.2, 0.25) is 0 Å². The number of carbonyl (C=O) groups excluding carboxylic acids is 1. The van der Waals surface area contributed by atoms with Crippen LogP contribution in [-0.4, -0.2) is 42.9 Å². The lowest BCUT2D eigenvalue weighted by molar-refractivity contribution is -0.140. The van der Waals surface area contributed by atoms with Crippen LogP contribution in [0.15, 0.2) is 0 Å². The number of nitrogens with one attached hydrogen (secondary N) is 2. The van der Waals surface area contributed by atoms with Crippen LogP contribution in [0, 0.1) is 23.7 Å². The molecule has 0 spiro atoms. The van der Waals surface area contributed by atoms with Gasteiger partial charge in [0.2, 0.25) is 0 Å². The molecule has 0 aromatic carbocycles. The van der Waals surface area contributed by atoms with Crippen molar-refractivity contribution < 1.29 is 19.4 Å². The molecule has 2 bridgehead atoms. The summed E-state index contributed by atoms with van der Waals surface area (Å²) in [4.78, 5) is 22.7. The van der Waals surface area contributed by atoms with Crippen molar-refractivity contribution in [2.24, 2.45) is 23.7 Å². The third-order valence-corrected chi connectivity index (χ3v) is 4.97. The van der Waals surface area contributed by atoms with E-state index in [4.69, 9.17) is 9.84 Å². The molecular weight excluding hydrogens is 248 g/mol. The van der Waals surface area contributed by atoms with E-state index >= 15 is 0 Å². The van der Waals surface area contributed by atoms with Crippen LogP contribution in [0.5, 0.6) is 0 Å². The van der Waals surface area contributed by atoms with Gasteiger partial charge in [-0.05, 0) is 42.9 Å². The van der Waals surface area contributed by atoms with Crippen molar-refractivity contribution in [1.82, 2.24) is 10.6 Å². The van der Waals surface area contributed by atoms with Crippen LogP contribution in [0.25, 0.3) is 0 Å². The molecule has 3 fully saturated rings. The second kappa shape index (κ2) is 4.67. The average Bonchev–Trinajstić information content (AvgIpc) is 2.76. The Morgan fingerprint density at radius 3 is 2.47 bits per heavy atom. The third kappa shape index (κ3) is 2.18. The Labute approximate surface area is 111 Å². The number of carboxylic acids is 1. The molecule has 0 saturated heterocycles. The highest BCUT2D eigenvalue weighted by Crippen LogP contribution is 2.65. The Bertz CT molecular complexity index is 384. The zero-order valence-electron chi connectivity index (χ0n) is 11.0. The summed E-state index contributed by atoms with van der Waals surface area (Å²) in [5, 5.41) is 14.3. The predicted octanol–water partition coefficient (Wildman–Crippen LogP) is 0.430. The Balaban J connectivity index is 1.49. The minimum atomic E-state index is -1.08. The van der Waals surface area contributed by atoms with Crippen LogP contribution >= 0.6 is 0 Å². The number of hydrogen-bond acceptors (Lipinski definition) is 3. The number of methoxy groups -OCH3 is 1. The van der Waals surface area contributed by atoms with Crippen LogP contribution in [0.4, 0.5) is 4.79 Å². The highest BCUT2D eigenvalue weighted by molar-refractivity contribution is 5.83.